The number of likely N-dealkylation sites (N-methyl/N-ethyl adjacent to an activating group) is 1. The Balaban J connectivity index is 0.000001000. The zero-order valence-electron chi connectivity index (χ0n) is 6.25. The summed E-state index contributed by atoms with van der Waals surface area (Å²) in [7, 11) is 1.90. The molecule has 0 bridgehead atoms. The number of hydrogen-bond acceptors (Lipinski definition) is 2. The maximum absolute atomic E-state index is 10.6. The SMILES string of the molecule is CN1C=CC=C(C(N)=O)C1.[I-]. The van der Waals surface area contributed by atoms with Crippen LogP contribution in [0.25, 0.3) is 0 Å². The minimum atomic E-state index is -0.337. The number of halogens is 1. The van der Waals surface area contributed by atoms with Crippen LogP contribution in [-0.2, 0) is 4.79 Å². The van der Waals surface area contributed by atoms with Crippen LogP contribution < -0.4 is 29.7 Å². The Kier molecular flexibility index (Phi) is 4.17. The lowest BCUT2D eigenvalue weighted by Crippen LogP contribution is -3.00. The van der Waals surface area contributed by atoms with Gasteiger partial charge in [-0.25, -0.2) is 0 Å². The van der Waals surface area contributed by atoms with Gasteiger partial charge in [0, 0.05) is 19.2 Å². The summed E-state index contributed by atoms with van der Waals surface area (Å²) in [5, 5.41) is 0. The van der Waals surface area contributed by atoms with E-state index in [9.17, 15) is 4.79 Å². The van der Waals surface area contributed by atoms with Crippen molar-refractivity contribution < 1.29 is 28.8 Å². The van der Waals surface area contributed by atoms with E-state index in [0.29, 0.717) is 12.1 Å². The molecule has 1 amide bonds. The first-order chi connectivity index (χ1) is 4.70. The van der Waals surface area contributed by atoms with Crippen LogP contribution in [-0.4, -0.2) is 24.4 Å². The Labute approximate surface area is 82.9 Å². The summed E-state index contributed by atoms with van der Waals surface area (Å²) in [6.07, 6.45) is 5.44. The van der Waals surface area contributed by atoms with Crippen molar-refractivity contribution in [1.29, 1.82) is 0 Å². The highest BCUT2D eigenvalue weighted by molar-refractivity contribution is 5.92. The van der Waals surface area contributed by atoms with E-state index in [0.717, 1.165) is 0 Å². The van der Waals surface area contributed by atoms with Crippen molar-refractivity contribution in [1.82, 2.24) is 4.90 Å². The molecule has 1 aliphatic heterocycles. The van der Waals surface area contributed by atoms with Crippen molar-refractivity contribution >= 4 is 5.91 Å². The standard InChI is InChI=1S/C7H10N2O.HI/c1-9-4-2-3-6(5-9)7(8)10;/h2-4H,5H2,1H3,(H2,8,10);1H/p-1. The van der Waals surface area contributed by atoms with Gasteiger partial charge in [-0.2, -0.15) is 0 Å². The second-order valence-electron chi connectivity index (χ2n) is 2.31. The number of amides is 1. The van der Waals surface area contributed by atoms with Gasteiger partial charge in [-0.15, -0.1) is 0 Å². The van der Waals surface area contributed by atoms with E-state index in [2.05, 4.69) is 0 Å². The first kappa shape index (κ1) is 10.5. The number of nitrogens with two attached hydrogens (primary N) is 1. The molecular weight excluding hydrogens is 255 g/mol. The molecule has 1 heterocycles. The van der Waals surface area contributed by atoms with Crippen LogP contribution in [0.15, 0.2) is 23.9 Å². The molecule has 1 rings (SSSR count). The lowest BCUT2D eigenvalue weighted by atomic mass is 10.2. The van der Waals surface area contributed by atoms with Crippen LogP contribution in [0, 0.1) is 0 Å². The molecule has 11 heavy (non-hydrogen) atoms. The van der Waals surface area contributed by atoms with Gasteiger partial charge in [-0.1, -0.05) is 6.08 Å². The minimum Gasteiger partial charge on any atom is -1.00 e. The van der Waals surface area contributed by atoms with Crippen molar-refractivity contribution in [2.45, 2.75) is 0 Å². The third-order valence-electron chi connectivity index (χ3n) is 1.37. The highest BCUT2D eigenvalue weighted by Crippen LogP contribution is 2.03. The third kappa shape index (κ3) is 2.92. The highest BCUT2D eigenvalue weighted by Gasteiger charge is 2.07. The molecular formula is C7H10IN2O-. The van der Waals surface area contributed by atoms with E-state index in [1.807, 2.05) is 24.2 Å². The van der Waals surface area contributed by atoms with Crippen molar-refractivity contribution in [3.8, 4) is 0 Å². The zero-order chi connectivity index (χ0) is 7.56. The largest absolute Gasteiger partial charge is 1.00 e. The van der Waals surface area contributed by atoms with Crippen LogP contribution in [0.5, 0.6) is 0 Å². The summed E-state index contributed by atoms with van der Waals surface area (Å²) in [4.78, 5) is 12.5. The quantitative estimate of drug-likeness (QED) is 0.509. The molecule has 0 saturated carbocycles. The van der Waals surface area contributed by atoms with Crippen molar-refractivity contribution in [3.63, 3.8) is 0 Å². The summed E-state index contributed by atoms with van der Waals surface area (Å²) < 4.78 is 0. The monoisotopic (exact) mass is 265 g/mol. The van der Waals surface area contributed by atoms with Gasteiger partial charge in [-0.05, 0) is 12.3 Å². The van der Waals surface area contributed by atoms with Crippen LogP contribution in [0.2, 0.25) is 0 Å². The second kappa shape index (κ2) is 4.38. The summed E-state index contributed by atoms with van der Waals surface area (Å²) >= 11 is 0. The van der Waals surface area contributed by atoms with Crippen LogP contribution in [0.4, 0.5) is 0 Å². The lowest BCUT2D eigenvalue weighted by Gasteiger charge is -2.17. The fourth-order valence-corrected chi connectivity index (χ4v) is 0.840. The topological polar surface area (TPSA) is 46.3 Å². The first-order valence-corrected chi connectivity index (χ1v) is 3.07. The van der Waals surface area contributed by atoms with Crippen molar-refractivity contribution in [3.05, 3.63) is 23.9 Å². The number of nitrogens with zero attached hydrogens (tertiary/aromatic N) is 1. The van der Waals surface area contributed by atoms with E-state index >= 15 is 0 Å². The van der Waals surface area contributed by atoms with Gasteiger partial charge in [0.05, 0.1) is 0 Å². The average Bonchev–Trinajstić information content (AvgIpc) is 1.88. The molecule has 0 aromatic heterocycles. The molecule has 0 radical (unpaired) electrons. The summed E-state index contributed by atoms with van der Waals surface area (Å²) in [6.45, 7) is 0.617. The number of carbonyl (C=O) groups excluding carboxylic acids is 1. The number of hydrogen-bond donors (Lipinski definition) is 1. The molecule has 62 valence electrons. The average molecular weight is 265 g/mol. The molecule has 0 saturated heterocycles. The number of allylic oxidation sites excluding steroid dienone is 2. The second-order valence-corrected chi connectivity index (χ2v) is 2.31. The Morgan fingerprint density at radius 2 is 2.36 bits per heavy atom. The van der Waals surface area contributed by atoms with E-state index in [-0.39, 0.29) is 29.9 Å². The molecule has 0 unspecified atom stereocenters. The number of rotatable bonds is 1. The maximum atomic E-state index is 10.6. The Morgan fingerprint density at radius 1 is 1.73 bits per heavy atom. The number of carbonyl (C=O) groups is 1. The van der Waals surface area contributed by atoms with Crippen LogP contribution in [0.3, 0.4) is 0 Å². The fraction of sp³-hybridized carbons (Fsp3) is 0.286. The molecule has 0 spiro atoms. The van der Waals surface area contributed by atoms with E-state index in [4.69, 9.17) is 5.73 Å². The highest BCUT2D eigenvalue weighted by atomic mass is 127. The van der Waals surface area contributed by atoms with E-state index in [1.54, 1.807) is 6.08 Å². The summed E-state index contributed by atoms with van der Waals surface area (Å²) in [5.41, 5.74) is 5.72. The smallest absolute Gasteiger partial charge is 0.246 e. The molecule has 2 N–H and O–H groups in total. The normalized spacial score (nSPS) is 15.4. The number of primary amides is 1. The molecule has 3 nitrogen and oxygen atoms in total. The molecule has 4 heteroatoms. The predicted octanol–water partition coefficient (Wildman–Crippen LogP) is -3.14. The Morgan fingerprint density at radius 3 is 2.73 bits per heavy atom. The molecule has 1 aliphatic rings. The van der Waals surface area contributed by atoms with Gasteiger partial charge in [0.15, 0.2) is 0 Å². The minimum absolute atomic E-state index is 0. The van der Waals surface area contributed by atoms with E-state index < -0.39 is 0 Å². The van der Waals surface area contributed by atoms with Gasteiger partial charge in [0.25, 0.3) is 0 Å². The molecule has 0 aromatic carbocycles. The van der Waals surface area contributed by atoms with Gasteiger partial charge in [-0.3, -0.25) is 4.79 Å². The van der Waals surface area contributed by atoms with Gasteiger partial charge in [0.2, 0.25) is 5.91 Å². The Hall–Kier alpha value is -0.520. The molecule has 0 atom stereocenters. The Bertz CT molecular complexity index is 210. The molecule has 0 aliphatic carbocycles. The predicted molar refractivity (Wildman–Crippen MR) is 39.0 cm³/mol. The maximum Gasteiger partial charge on any atom is 0.246 e. The molecule has 0 aromatic rings. The fourth-order valence-electron chi connectivity index (χ4n) is 0.840. The van der Waals surface area contributed by atoms with Crippen molar-refractivity contribution in [2.24, 2.45) is 5.73 Å². The summed E-state index contributed by atoms with van der Waals surface area (Å²) in [6, 6.07) is 0. The van der Waals surface area contributed by atoms with Gasteiger partial charge >= 0.3 is 0 Å². The van der Waals surface area contributed by atoms with Crippen LogP contribution in [0.1, 0.15) is 0 Å². The lowest BCUT2D eigenvalue weighted by molar-refractivity contribution is -0.114. The first-order valence-electron chi connectivity index (χ1n) is 3.07. The van der Waals surface area contributed by atoms with Crippen molar-refractivity contribution in [2.75, 3.05) is 13.6 Å². The zero-order valence-corrected chi connectivity index (χ0v) is 8.41. The van der Waals surface area contributed by atoms with E-state index in [1.165, 1.54) is 0 Å². The third-order valence-corrected chi connectivity index (χ3v) is 1.37. The summed E-state index contributed by atoms with van der Waals surface area (Å²) in [5.74, 6) is -0.337. The van der Waals surface area contributed by atoms with Gasteiger partial charge < -0.3 is 34.6 Å². The van der Waals surface area contributed by atoms with Crippen LogP contribution >= 0.6 is 0 Å². The molecule has 0 fully saturated rings. The van der Waals surface area contributed by atoms with Gasteiger partial charge in [0.1, 0.15) is 0 Å².